The molecule has 17 heteroatoms. The molecular weight excluding hydrogens is 633 g/mol. The summed E-state index contributed by atoms with van der Waals surface area (Å²) in [5.74, 6) is -0.481. The number of sulfonamides is 1. The van der Waals surface area contributed by atoms with Crippen molar-refractivity contribution in [3.63, 3.8) is 0 Å². The Hall–Kier alpha value is -4.67. The van der Waals surface area contributed by atoms with Crippen molar-refractivity contribution < 1.29 is 45.5 Å². The molecule has 1 amide bonds. The molecule has 0 bridgehead atoms. The Balaban J connectivity index is 1.31. The standard InChI is InChI=1S/C29H33F3N6O7S/c1-4-27(39)44-20(3)45-36-35-37-15-13-21(14-16-37)18-43-28(40)34-46(41,42)24-11-9-23(10-12-24)38-25(17-26(33-38)29(30,31)32)22-7-5-19(2)6-8-22/h5-12,17,20-21H,4,13-16,18H2,1-3H3,(H,34,40). The van der Waals surface area contributed by atoms with Gasteiger partial charge in [0, 0.05) is 37.3 Å². The van der Waals surface area contributed by atoms with Gasteiger partial charge in [-0.05, 0) is 61.2 Å². The van der Waals surface area contributed by atoms with Crippen molar-refractivity contribution >= 4 is 22.1 Å². The van der Waals surface area contributed by atoms with Gasteiger partial charge in [-0.3, -0.25) is 9.80 Å². The molecule has 13 nitrogen and oxygen atoms in total. The van der Waals surface area contributed by atoms with Gasteiger partial charge in [0.25, 0.3) is 16.3 Å². The number of esters is 1. The number of halogens is 3. The van der Waals surface area contributed by atoms with Crippen molar-refractivity contribution in [2.75, 3.05) is 19.7 Å². The van der Waals surface area contributed by atoms with E-state index in [0.29, 0.717) is 31.5 Å². The summed E-state index contributed by atoms with van der Waals surface area (Å²) in [5.41, 5.74) is 0.649. The first-order valence-corrected chi connectivity index (χ1v) is 15.8. The van der Waals surface area contributed by atoms with E-state index in [2.05, 4.69) is 15.6 Å². The molecular formula is C29H33F3N6O7S. The van der Waals surface area contributed by atoms with Crippen LogP contribution >= 0.6 is 0 Å². The highest BCUT2D eigenvalue weighted by molar-refractivity contribution is 7.90. The Morgan fingerprint density at radius 2 is 1.74 bits per heavy atom. The van der Waals surface area contributed by atoms with Crippen LogP contribution in [0.5, 0.6) is 0 Å². The fourth-order valence-electron chi connectivity index (χ4n) is 4.41. The maximum Gasteiger partial charge on any atom is 0.435 e. The Morgan fingerprint density at radius 3 is 2.35 bits per heavy atom. The lowest BCUT2D eigenvalue weighted by molar-refractivity contribution is -0.177. The highest BCUT2D eigenvalue weighted by Gasteiger charge is 2.35. The minimum absolute atomic E-state index is 0.0333. The van der Waals surface area contributed by atoms with Crippen LogP contribution in [0.15, 0.2) is 70.0 Å². The number of nitrogens with zero attached hydrogens (tertiary/aromatic N) is 5. The predicted molar refractivity (Wildman–Crippen MR) is 156 cm³/mol. The lowest BCUT2D eigenvalue weighted by atomic mass is 9.99. The van der Waals surface area contributed by atoms with Gasteiger partial charge in [0.1, 0.15) is 0 Å². The summed E-state index contributed by atoms with van der Waals surface area (Å²) in [7, 11) is -4.35. The summed E-state index contributed by atoms with van der Waals surface area (Å²) in [6.07, 6.45) is -5.38. The molecule has 4 rings (SSSR count). The molecule has 1 saturated heterocycles. The SMILES string of the molecule is CCC(=O)OC(C)ON=NN1CCC(COC(=O)NS(=O)(=O)c2ccc(-n3nc(C(F)(F)F)cc3-c3ccc(C)cc3)cc2)CC1. The Kier molecular flexibility index (Phi) is 10.9. The van der Waals surface area contributed by atoms with Gasteiger partial charge < -0.3 is 14.3 Å². The van der Waals surface area contributed by atoms with Crippen LogP contribution < -0.4 is 4.72 Å². The Labute approximate surface area is 263 Å². The molecule has 2 aromatic carbocycles. The summed E-state index contributed by atoms with van der Waals surface area (Å²) in [4.78, 5) is 28.2. The number of hydrogen-bond donors (Lipinski definition) is 1. The molecule has 0 aliphatic carbocycles. The van der Waals surface area contributed by atoms with Crippen LogP contribution in [-0.4, -0.2) is 61.3 Å². The van der Waals surface area contributed by atoms with Crippen LogP contribution in [0.2, 0.25) is 0 Å². The summed E-state index contributed by atoms with van der Waals surface area (Å²) < 4.78 is 79.1. The van der Waals surface area contributed by atoms with E-state index >= 15 is 0 Å². The fraction of sp³-hybridized carbons (Fsp3) is 0.414. The summed E-state index contributed by atoms with van der Waals surface area (Å²) >= 11 is 0. The molecule has 3 aromatic rings. The van der Waals surface area contributed by atoms with Crippen LogP contribution in [0, 0.1) is 12.8 Å². The third-order valence-electron chi connectivity index (χ3n) is 6.94. The zero-order valence-corrected chi connectivity index (χ0v) is 26.0. The molecule has 1 aliphatic rings. The largest absolute Gasteiger partial charge is 0.449 e. The van der Waals surface area contributed by atoms with Gasteiger partial charge in [0.15, 0.2) is 5.69 Å². The monoisotopic (exact) mass is 666 g/mol. The first-order valence-electron chi connectivity index (χ1n) is 14.3. The second-order valence-electron chi connectivity index (χ2n) is 10.5. The second kappa shape index (κ2) is 14.6. The number of hydrogen-bond acceptors (Lipinski definition) is 10. The van der Waals surface area contributed by atoms with Crippen LogP contribution in [0.25, 0.3) is 16.9 Å². The molecule has 1 aliphatic heterocycles. The number of aromatic nitrogens is 2. The van der Waals surface area contributed by atoms with Crippen molar-refractivity contribution in [2.45, 2.75) is 57.4 Å². The molecule has 0 spiro atoms. The smallest absolute Gasteiger partial charge is 0.435 e. The van der Waals surface area contributed by atoms with E-state index in [1.165, 1.54) is 19.1 Å². The second-order valence-corrected chi connectivity index (χ2v) is 12.2. The number of benzene rings is 2. The maximum atomic E-state index is 13.5. The zero-order chi connectivity index (χ0) is 33.5. The molecule has 2 heterocycles. The zero-order valence-electron chi connectivity index (χ0n) is 25.2. The van der Waals surface area contributed by atoms with E-state index in [-0.39, 0.29) is 35.2 Å². The van der Waals surface area contributed by atoms with Gasteiger partial charge in [-0.15, -0.1) is 0 Å². The van der Waals surface area contributed by atoms with Gasteiger partial charge in [-0.25, -0.2) is 22.6 Å². The van der Waals surface area contributed by atoms with Gasteiger partial charge in [-0.2, -0.15) is 18.3 Å². The highest BCUT2D eigenvalue weighted by Crippen LogP contribution is 2.33. The molecule has 1 aromatic heterocycles. The number of amides is 1. The third-order valence-corrected chi connectivity index (χ3v) is 8.27. The van der Waals surface area contributed by atoms with Crippen LogP contribution in [0.1, 0.15) is 44.4 Å². The number of ether oxygens (including phenoxy) is 2. The van der Waals surface area contributed by atoms with Crippen molar-refractivity contribution in [1.29, 1.82) is 0 Å². The van der Waals surface area contributed by atoms with Gasteiger partial charge in [0.05, 0.1) is 22.9 Å². The first kappa shape index (κ1) is 34.2. The summed E-state index contributed by atoms with van der Waals surface area (Å²) in [5, 5.41) is 12.8. The number of alkyl halides is 3. The van der Waals surface area contributed by atoms with E-state index in [1.54, 1.807) is 36.2 Å². The number of rotatable bonds is 11. The molecule has 1 fully saturated rings. The molecule has 1 N–H and O–H groups in total. The third kappa shape index (κ3) is 9.18. The Morgan fingerprint density at radius 1 is 1.09 bits per heavy atom. The summed E-state index contributed by atoms with van der Waals surface area (Å²) in [6.45, 7) is 5.93. The van der Waals surface area contributed by atoms with Crippen molar-refractivity contribution in [3.05, 3.63) is 65.9 Å². The fourth-order valence-corrected chi connectivity index (χ4v) is 5.30. The average Bonchev–Trinajstić information content (AvgIpc) is 3.47. The number of carbonyl (C=O) groups excluding carboxylic acids is 2. The highest BCUT2D eigenvalue weighted by atomic mass is 32.2. The van der Waals surface area contributed by atoms with Gasteiger partial charge >= 0.3 is 18.2 Å². The topological polar surface area (TPSA) is 154 Å². The van der Waals surface area contributed by atoms with Gasteiger partial charge in [-0.1, -0.05) is 36.8 Å². The maximum absolute atomic E-state index is 13.5. The molecule has 1 atom stereocenters. The number of aryl methyl sites for hydroxylation is 1. The first-order chi connectivity index (χ1) is 21.7. The molecule has 1 unspecified atom stereocenters. The van der Waals surface area contributed by atoms with E-state index in [1.807, 2.05) is 11.6 Å². The molecule has 46 heavy (non-hydrogen) atoms. The molecule has 0 radical (unpaired) electrons. The van der Waals surface area contributed by atoms with Crippen LogP contribution in [-0.2, 0) is 35.3 Å². The minimum atomic E-state index is -4.69. The normalized spacial score (nSPS) is 15.0. The van der Waals surface area contributed by atoms with E-state index in [4.69, 9.17) is 14.3 Å². The number of carbonyl (C=O) groups is 2. The van der Waals surface area contributed by atoms with Gasteiger partial charge in [0.2, 0.25) is 0 Å². The van der Waals surface area contributed by atoms with E-state index in [9.17, 15) is 31.2 Å². The lowest BCUT2D eigenvalue weighted by Crippen LogP contribution is -2.35. The van der Waals surface area contributed by atoms with Crippen LogP contribution in [0.4, 0.5) is 18.0 Å². The Bertz CT molecular complexity index is 1640. The number of nitrogens with one attached hydrogen (secondary N) is 1. The van der Waals surface area contributed by atoms with Crippen molar-refractivity contribution in [1.82, 2.24) is 19.5 Å². The van der Waals surface area contributed by atoms with E-state index < -0.39 is 40.2 Å². The van der Waals surface area contributed by atoms with Crippen molar-refractivity contribution in [2.24, 2.45) is 16.4 Å². The summed E-state index contributed by atoms with van der Waals surface area (Å²) in [6, 6.07) is 12.7. The van der Waals surface area contributed by atoms with E-state index in [0.717, 1.165) is 28.4 Å². The molecule has 0 saturated carbocycles. The molecule has 248 valence electrons. The van der Waals surface area contributed by atoms with Crippen molar-refractivity contribution in [3.8, 4) is 16.9 Å². The minimum Gasteiger partial charge on any atom is -0.449 e. The lowest BCUT2D eigenvalue weighted by Gasteiger charge is -2.28. The quantitative estimate of drug-likeness (QED) is 0.119. The predicted octanol–water partition coefficient (Wildman–Crippen LogP) is 5.59. The average molecular weight is 667 g/mol. The number of piperidine rings is 1. The van der Waals surface area contributed by atoms with Crippen LogP contribution in [0.3, 0.4) is 0 Å².